The number of fused-ring (bicyclic) bond motifs is 5. The predicted molar refractivity (Wildman–Crippen MR) is 225 cm³/mol. The van der Waals surface area contributed by atoms with E-state index in [2.05, 4.69) is 6.92 Å². The fourth-order valence-corrected chi connectivity index (χ4v) is 14.3. The Morgan fingerprint density at radius 2 is 1.23 bits per heavy atom. The second-order valence-electron chi connectivity index (χ2n) is 21.6. The third kappa shape index (κ3) is 8.64. The molecule has 376 valence electrons. The highest BCUT2D eigenvalue weighted by atomic mass is 16.8. The molecule has 0 spiro atoms. The molecule has 66 heavy (non-hydrogen) atoms. The van der Waals surface area contributed by atoms with Gasteiger partial charge in [-0.05, 0) is 107 Å². The summed E-state index contributed by atoms with van der Waals surface area (Å²) in [6, 6.07) is 0. The van der Waals surface area contributed by atoms with Crippen LogP contribution >= 0.6 is 0 Å². The number of aliphatic hydroxyl groups is 9. The first-order chi connectivity index (χ1) is 31.2. The first kappa shape index (κ1) is 49.5. The van der Waals surface area contributed by atoms with Crippen molar-refractivity contribution in [2.75, 3.05) is 13.2 Å². The first-order valence-electron chi connectivity index (χ1n) is 24.5. The highest BCUT2D eigenvalue weighted by molar-refractivity contribution is 5.85. The Hall–Kier alpha value is -1.47. The van der Waals surface area contributed by atoms with Gasteiger partial charge < -0.3 is 88.6 Å². The van der Waals surface area contributed by atoms with Crippen molar-refractivity contribution in [3.05, 3.63) is 11.6 Å². The molecule has 15 unspecified atom stereocenters. The summed E-state index contributed by atoms with van der Waals surface area (Å²) < 4.78 is 53.9. The van der Waals surface area contributed by atoms with E-state index in [4.69, 9.17) is 42.6 Å². The van der Waals surface area contributed by atoms with Crippen molar-refractivity contribution in [2.45, 2.75) is 228 Å². The Balaban J connectivity index is 0.737. The third-order valence-corrected chi connectivity index (χ3v) is 18.1. The van der Waals surface area contributed by atoms with Crippen LogP contribution in [-0.2, 0) is 47.4 Å². The van der Waals surface area contributed by atoms with Crippen LogP contribution < -0.4 is 0 Å². The van der Waals surface area contributed by atoms with Crippen molar-refractivity contribution in [1.82, 2.24) is 0 Å². The van der Waals surface area contributed by atoms with Crippen molar-refractivity contribution >= 4 is 5.97 Å². The maximum absolute atomic E-state index is 12.6. The van der Waals surface area contributed by atoms with Crippen LogP contribution in [0.4, 0.5) is 0 Å². The monoisotopic (exact) mass is 942 g/mol. The minimum atomic E-state index is -1.65. The lowest BCUT2D eigenvalue weighted by molar-refractivity contribution is -0.355. The first-order valence-corrected chi connectivity index (χ1v) is 24.5. The summed E-state index contributed by atoms with van der Waals surface area (Å²) in [6.07, 6.45) is -10.8. The number of aliphatic hydroxyl groups excluding tert-OH is 8. The quantitative estimate of drug-likeness (QED) is 0.103. The molecule has 9 aliphatic rings. The van der Waals surface area contributed by atoms with Crippen LogP contribution in [0.15, 0.2) is 11.6 Å². The normalized spacial score (nSPS) is 55.3. The fraction of sp³-hybridized carbons (Fsp3) is 0.936. The molecule has 4 saturated heterocycles. The third-order valence-electron chi connectivity index (χ3n) is 18.1. The van der Waals surface area contributed by atoms with Gasteiger partial charge in [-0.25, -0.2) is 4.79 Å². The van der Waals surface area contributed by atoms with Crippen molar-refractivity contribution in [2.24, 2.45) is 34.5 Å². The van der Waals surface area contributed by atoms with Crippen LogP contribution in [0.3, 0.4) is 0 Å². The van der Waals surface area contributed by atoms with Crippen LogP contribution in [0.1, 0.15) is 105 Å². The zero-order chi connectivity index (χ0) is 47.2. The summed E-state index contributed by atoms with van der Waals surface area (Å²) in [5, 5.41) is 98.4. The molecule has 0 aromatic carbocycles. The van der Waals surface area contributed by atoms with Crippen molar-refractivity contribution in [3.8, 4) is 0 Å². The largest absolute Gasteiger partial charge is 0.458 e. The maximum Gasteiger partial charge on any atom is 0.331 e. The molecular weight excluding hydrogens is 868 g/mol. The number of esters is 1. The van der Waals surface area contributed by atoms with Gasteiger partial charge in [0.2, 0.25) is 0 Å². The van der Waals surface area contributed by atoms with E-state index in [0.29, 0.717) is 18.8 Å². The zero-order valence-corrected chi connectivity index (χ0v) is 38.7. The molecule has 9 rings (SSSR count). The molecule has 26 atom stereocenters. The summed E-state index contributed by atoms with van der Waals surface area (Å²) in [5.74, 6) is 0.0825. The number of rotatable bonds is 10. The lowest BCUT2D eigenvalue weighted by Crippen LogP contribution is -2.67. The molecule has 0 amide bonds. The Morgan fingerprint density at radius 3 is 1.77 bits per heavy atom. The van der Waals surface area contributed by atoms with Gasteiger partial charge in [0, 0.05) is 30.8 Å². The summed E-state index contributed by atoms with van der Waals surface area (Å²) in [5.41, 5.74) is -0.989. The minimum Gasteiger partial charge on any atom is -0.458 e. The van der Waals surface area contributed by atoms with Crippen LogP contribution in [0.2, 0.25) is 0 Å². The number of carbonyl (C=O) groups excluding carboxylic acids is 1. The Kier molecular flexibility index (Phi) is 14.2. The van der Waals surface area contributed by atoms with Crippen LogP contribution in [0.5, 0.6) is 0 Å². The van der Waals surface area contributed by atoms with Crippen molar-refractivity contribution in [3.63, 3.8) is 0 Å². The van der Waals surface area contributed by atoms with Gasteiger partial charge in [0.1, 0.15) is 49.3 Å². The van der Waals surface area contributed by atoms with E-state index in [1.54, 1.807) is 19.9 Å². The van der Waals surface area contributed by atoms with Gasteiger partial charge in [-0.1, -0.05) is 13.8 Å². The highest BCUT2D eigenvalue weighted by Crippen LogP contribution is 2.70. The smallest absolute Gasteiger partial charge is 0.331 e. The van der Waals surface area contributed by atoms with Gasteiger partial charge >= 0.3 is 5.97 Å². The van der Waals surface area contributed by atoms with E-state index in [1.165, 1.54) is 0 Å². The molecule has 9 N–H and O–H groups in total. The van der Waals surface area contributed by atoms with Gasteiger partial charge in [-0.15, -0.1) is 0 Å². The van der Waals surface area contributed by atoms with Gasteiger partial charge in [-0.2, -0.15) is 0 Å². The molecule has 4 aliphatic carbocycles. The Bertz CT molecular complexity index is 1720. The van der Waals surface area contributed by atoms with Crippen molar-refractivity contribution in [1.29, 1.82) is 0 Å². The van der Waals surface area contributed by atoms with E-state index in [9.17, 15) is 50.8 Å². The lowest BCUT2D eigenvalue weighted by atomic mass is 9.42. The van der Waals surface area contributed by atoms with Gasteiger partial charge in [0.15, 0.2) is 25.2 Å². The number of ether oxygens (including phenoxy) is 9. The standard InChI is InChI=1S/C47H74O19/c1-20-41(64-36-16-30(50)42(21(2)60-36)65-37-17-31(51)43(22(3)61-37)66-44-40(56)39(55)38(54)32(18-48)63-44)29(49)15-35(59-20)62-25-8-10-45(4)24(13-25)6-7-27-28(45)14-33(52)46(5)26(9-11-47(27,46)57)23-12-34(53)58-19-23/h12,20-22,24-33,35-44,48-52,54-57H,6-11,13-19H2,1-5H3/t20?,21?,22?,24?,25?,26-,27?,28?,29?,30?,31?,32?,33?,35+,36+,37+,38-,39?,40?,41-,42-,43-,44+,45+,46+,47?/m1/s1. The maximum atomic E-state index is 12.6. The topological polar surface area (TPSA) is 282 Å². The molecule has 4 saturated carbocycles. The summed E-state index contributed by atoms with van der Waals surface area (Å²) in [7, 11) is 0. The number of hydrogen-bond donors (Lipinski definition) is 9. The van der Waals surface area contributed by atoms with E-state index in [1.807, 2.05) is 13.8 Å². The average molecular weight is 943 g/mol. The second kappa shape index (κ2) is 18.9. The van der Waals surface area contributed by atoms with Crippen molar-refractivity contribution < 1.29 is 93.4 Å². The lowest BCUT2D eigenvalue weighted by Gasteiger charge is -2.65. The summed E-state index contributed by atoms with van der Waals surface area (Å²) in [4.78, 5) is 12.0. The molecule has 5 heterocycles. The van der Waals surface area contributed by atoms with E-state index >= 15 is 0 Å². The summed E-state index contributed by atoms with van der Waals surface area (Å²) in [6.45, 7) is 9.11. The number of carbonyl (C=O) groups is 1. The van der Waals surface area contributed by atoms with Gasteiger partial charge in [-0.3, -0.25) is 0 Å². The SMILES string of the molecule is CC1O[C@@H](OC2CC[C@@]3(C)C(CCC4C3CC(O)[C@]3(C)[C@@H](C5=CC(=O)OC5)CCC43O)C2)CC(O)[C@@H]1O[C@H]1CC(O)[C@H](O[C@H]2CC(O)[C@H](O[C@@H]3OC(CO)[C@@H](O)C(O)C3O)C(C)O2)C(C)O1. The molecule has 8 fully saturated rings. The predicted octanol–water partition coefficient (Wildman–Crippen LogP) is 0.0423. The highest BCUT2D eigenvalue weighted by Gasteiger charge is 2.71. The number of cyclic esters (lactones) is 1. The zero-order valence-electron chi connectivity index (χ0n) is 38.7. The van der Waals surface area contributed by atoms with E-state index in [-0.39, 0.29) is 61.1 Å². The molecule has 5 aliphatic heterocycles. The average Bonchev–Trinajstić information content (AvgIpc) is 3.82. The Morgan fingerprint density at radius 1 is 0.652 bits per heavy atom. The Labute approximate surface area is 385 Å². The van der Waals surface area contributed by atoms with Crippen LogP contribution in [0.25, 0.3) is 0 Å². The molecule has 0 radical (unpaired) electrons. The molecule has 0 bridgehead atoms. The minimum absolute atomic E-state index is 0.0188. The summed E-state index contributed by atoms with van der Waals surface area (Å²) >= 11 is 0. The molecular formula is C47H74O19. The molecule has 19 heteroatoms. The number of hydrogen-bond acceptors (Lipinski definition) is 19. The van der Waals surface area contributed by atoms with Crippen LogP contribution in [-0.4, -0.2) is 187 Å². The van der Waals surface area contributed by atoms with E-state index < -0.39 is 128 Å². The molecule has 19 nitrogen and oxygen atoms in total. The molecule has 0 aromatic heterocycles. The van der Waals surface area contributed by atoms with Gasteiger partial charge in [0.25, 0.3) is 0 Å². The fourth-order valence-electron chi connectivity index (χ4n) is 14.3. The van der Waals surface area contributed by atoms with E-state index in [0.717, 1.165) is 44.1 Å². The van der Waals surface area contributed by atoms with Crippen LogP contribution in [0, 0.1) is 34.5 Å². The molecule has 0 aromatic rings. The van der Waals surface area contributed by atoms with Gasteiger partial charge in [0.05, 0.1) is 61.0 Å². The second-order valence-corrected chi connectivity index (χ2v) is 21.6.